The number of hydrogen-bond donors (Lipinski definition) is 0. The van der Waals surface area contributed by atoms with Crippen LogP contribution in [0.1, 0.15) is 30.9 Å². The fourth-order valence-corrected chi connectivity index (χ4v) is 1.27. The monoisotopic (exact) mass is 170 g/mol. The van der Waals surface area contributed by atoms with Gasteiger partial charge in [-0.15, -0.1) is 5.75 Å². The van der Waals surface area contributed by atoms with Gasteiger partial charge in [0, 0.05) is 0 Å². The second-order valence-electron chi connectivity index (χ2n) is 3.21. The summed E-state index contributed by atoms with van der Waals surface area (Å²) < 4.78 is 0. The van der Waals surface area contributed by atoms with Crippen LogP contribution in [0.3, 0.4) is 0 Å². The van der Waals surface area contributed by atoms with Crippen LogP contribution >= 0.6 is 0 Å². The van der Waals surface area contributed by atoms with Gasteiger partial charge in [-0.1, -0.05) is 42.7 Å². The maximum absolute atomic E-state index is 11.3. The van der Waals surface area contributed by atoms with E-state index < -0.39 is 0 Å². The van der Waals surface area contributed by atoms with Gasteiger partial charge < -0.3 is 5.11 Å². The Morgan fingerprint density at radius 1 is 1.31 bits per heavy atom. The predicted molar refractivity (Wildman–Crippen MR) is 49.2 cm³/mol. The molecule has 0 spiro atoms. The molecule has 66 valence electrons. The Morgan fingerprint density at radius 3 is 2.62 bits per heavy atom. The van der Waals surface area contributed by atoms with E-state index in [-0.39, 0.29) is 24.6 Å². The van der Waals surface area contributed by atoms with Gasteiger partial charge in [0.1, 0.15) is 0 Å². The molecular formula is C11H15LiO. The van der Waals surface area contributed by atoms with Crippen molar-refractivity contribution in [1.82, 2.24) is 0 Å². The van der Waals surface area contributed by atoms with Crippen molar-refractivity contribution in [2.75, 3.05) is 0 Å². The van der Waals surface area contributed by atoms with Crippen LogP contribution in [0.25, 0.3) is 0 Å². The molecule has 0 N–H and O–H groups in total. The first-order chi connectivity index (χ1) is 5.74. The molecule has 0 heterocycles. The van der Waals surface area contributed by atoms with Gasteiger partial charge in [0.25, 0.3) is 0 Å². The van der Waals surface area contributed by atoms with Crippen LogP contribution < -0.4 is 24.0 Å². The van der Waals surface area contributed by atoms with Crippen LogP contribution in [0, 0.1) is 6.92 Å². The minimum absolute atomic E-state index is 0. The van der Waals surface area contributed by atoms with E-state index >= 15 is 0 Å². The summed E-state index contributed by atoms with van der Waals surface area (Å²) >= 11 is 0. The fourth-order valence-electron chi connectivity index (χ4n) is 1.27. The van der Waals surface area contributed by atoms with Crippen LogP contribution in [0.15, 0.2) is 18.2 Å². The molecule has 0 amide bonds. The minimum atomic E-state index is 0. The normalized spacial score (nSPS) is 9.38. The van der Waals surface area contributed by atoms with Gasteiger partial charge in [0.05, 0.1) is 0 Å². The van der Waals surface area contributed by atoms with E-state index in [9.17, 15) is 5.11 Å². The molecule has 0 unspecified atom stereocenters. The molecule has 0 aliphatic rings. The maximum atomic E-state index is 11.3. The average Bonchev–Trinajstić information content (AvgIpc) is 2.07. The molecule has 0 bridgehead atoms. The van der Waals surface area contributed by atoms with E-state index in [1.54, 1.807) is 6.07 Å². The molecule has 0 saturated heterocycles. The molecule has 0 saturated carbocycles. The molecule has 1 aromatic rings. The average molecular weight is 170 g/mol. The number of benzene rings is 1. The number of unbranched alkanes of at least 4 members (excludes halogenated alkanes) is 1. The first-order valence-corrected chi connectivity index (χ1v) is 4.50. The van der Waals surface area contributed by atoms with Crippen molar-refractivity contribution in [3.8, 4) is 5.75 Å². The van der Waals surface area contributed by atoms with E-state index in [0.717, 1.165) is 24.8 Å². The Bertz CT molecular complexity index is 258. The third-order valence-electron chi connectivity index (χ3n) is 2.02. The molecule has 1 rings (SSSR count). The first kappa shape index (κ1) is 12.6. The topological polar surface area (TPSA) is 23.1 Å². The summed E-state index contributed by atoms with van der Waals surface area (Å²) in [6.07, 6.45) is 3.18. The smallest absolute Gasteiger partial charge is 0.872 e. The molecule has 0 aliphatic carbocycles. The molecule has 13 heavy (non-hydrogen) atoms. The van der Waals surface area contributed by atoms with Crippen LogP contribution in [-0.2, 0) is 6.42 Å². The van der Waals surface area contributed by atoms with Crippen molar-refractivity contribution in [1.29, 1.82) is 0 Å². The van der Waals surface area contributed by atoms with Crippen LogP contribution in [0.4, 0.5) is 0 Å². The van der Waals surface area contributed by atoms with Crippen molar-refractivity contribution in [2.24, 2.45) is 0 Å². The van der Waals surface area contributed by atoms with Gasteiger partial charge >= 0.3 is 18.9 Å². The van der Waals surface area contributed by atoms with Gasteiger partial charge in [-0.25, -0.2) is 0 Å². The second kappa shape index (κ2) is 6.13. The zero-order valence-corrected chi connectivity index (χ0v) is 8.76. The number of rotatable bonds is 3. The molecule has 0 aliphatic heterocycles. The molecule has 0 radical (unpaired) electrons. The minimum Gasteiger partial charge on any atom is -0.872 e. The van der Waals surface area contributed by atoms with E-state index in [2.05, 4.69) is 6.92 Å². The zero-order valence-electron chi connectivity index (χ0n) is 8.76. The summed E-state index contributed by atoms with van der Waals surface area (Å²) in [7, 11) is 0. The van der Waals surface area contributed by atoms with Crippen molar-refractivity contribution < 1.29 is 24.0 Å². The van der Waals surface area contributed by atoms with E-state index in [4.69, 9.17) is 0 Å². The quantitative estimate of drug-likeness (QED) is 0.556. The van der Waals surface area contributed by atoms with Crippen LogP contribution in [0.5, 0.6) is 5.75 Å². The molecule has 0 fully saturated rings. The van der Waals surface area contributed by atoms with Crippen molar-refractivity contribution in [3.63, 3.8) is 0 Å². The summed E-state index contributed by atoms with van der Waals surface area (Å²) in [6.45, 7) is 4.16. The van der Waals surface area contributed by atoms with E-state index in [0.29, 0.717) is 0 Å². The molecule has 1 nitrogen and oxygen atoms in total. The van der Waals surface area contributed by atoms with Crippen molar-refractivity contribution in [2.45, 2.75) is 33.1 Å². The van der Waals surface area contributed by atoms with Gasteiger partial charge in [-0.2, -0.15) is 0 Å². The van der Waals surface area contributed by atoms with Gasteiger partial charge in [-0.3, -0.25) is 0 Å². The molecule has 1 aromatic carbocycles. The van der Waals surface area contributed by atoms with Gasteiger partial charge in [0.2, 0.25) is 0 Å². The van der Waals surface area contributed by atoms with E-state index in [1.165, 1.54) is 5.56 Å². The first-order valence-electron chi connectivity index (χ1n) is 4.50. The SMILES string of the molecule is CCCCc1cc(C)ccc1[O-].[Li+]. The summed E-state index contributed by atoms with van der Waals surface area (Å²) in [4.78, 5) is 0. The molecule has 0 atom stereocenters. The Hall–Kier alpha value is -0.383. The Balaban J connectivity index is 0.00000144. The number of hydrogen-bond acceptors (Lipinski definition) is 1. The van der Waals surface area contributed by atoms with E-state index in [1.807, 2.05) is 19.1 Å². The Kier molecular flexibility index (Phi) is 5.95. The predicted octanol–water partition coefficient (Wildman–Crippen LogP) is -0.585. The maximum Gasteiger partial charge on any atom is 1.00 e. The van der Waals surface area contributed by atoms with Crippen molar-refractivity contribution >= 4 is 0 Å². The molecule has 0 aromatic heterocycles. The summed E-state index contributed by atoms with van der Waals surface area (Å²) in [5, 5.41) is 11.3. The summed E-state index contributed by atoms with van der Waals surface area (Å²) in [5.74, 6) is 0.189. The standard InChI is InChI=1S/C11H16O.Li/c1-3-4-5-10-8-9(2)6-7-11(10)12;/h6-8,12H,3-5H2,1-2H3;/q;+1/p-1. The van der Waals surface area contributed by atoms with Crippen LogP contribution in [-0.4, -0.2) is 0 Å². The molecular weight excluding hydrogens is 155 g/mol. The third-order valence-corrected chi connectivity index (χ3v) is 2.02. The van der Waals surface area contributed by atoms with Gasteiger partial charge in [-0.05, 0) is 19.8 Å². The second-order valence-corrected chi connectivity index (χ2v) is 3.21. The Morgan fingerprint density at radius 2 is 2.00 bits per heavy atom. The fraction of sp³-hybridized carbons (Fsp3) is 0.455. The van der Waals surface area contributed by atoms with Crippen molar-refractivity contribution in [3.05, 3.63) is 29.3 Å². The Labute approximate surface area is 92.3 Å². The molecule has 2 heteroatoms. The summed E-state index contributed by atoms with van der Waals surface area (Å²) in [6, 6.07) is 5.54. The zero-order chi connectivity index (χ0) is 8.97. The number of aryl methyl sites for hydroxylation is 2. The van der Waals surface area contributed by atoms with Gasteiger partial charge in [0.15, 0.2) is 0 Å². The largest absolute Gasteiger partial charge is 1.00 e. The summed E-state index contributed by atoms with van der Waals surface area (Å²) in [5.41, 5.74) is 2.15. The van der Waals surface area contributed by atoms with Crippen LogP contribution in [0.2, 0.25) is 0 Å². The third kappa shape index (κ3) is 3.89.